The van der Waals surface area contributed by atoms with Crippen molar-refractivity contribution in [3.63, 3.8) is 0 Å². The van der Waals surface area contributed by atoms with Gasteiger partial charge in [0, 0.05) is 11.1 Å². The summed E-state index contributed by atoms with van der Waals surface area (Å²) in [5, 5.41) is 12.4. The van der Waals surface area contributed by atoms with Gasteiger partial charge in [0.05, 0.1) is 16.9 Å². The quantitative estimate of drug-likeness (QED) is 0.114. The lowest BCUT2D eigenvalue weighted by molar-refractivity contribution is -0.255. The van der Waals surface area contributed by atoms with Crippen molar-refractivity contribution in [2.45, 2.75) is 41.1 Å². The van der Waals surface area contributed by atoms with Crippen LogP contribution in [-0.2, 0) is 10.9 Å². The molecule has 0 fully saturated rings. The Morgan fingerprint density at radius 1 is 0.450 bits per heavy atom. The minimum atomic E-state index is -1.36. The molecule has 0 saturated carbocycles. The van der Waals surface area contributed by atoms with E-state index in [2.05, 4.69) is 106 Å². The molecule has 0 heterocycles. The molecule has 0 N–H and O–H groups in total. The van der Waals surface area contributed by atoms with Crippen LogP contribution in [0.4, 0.5) is 0 Å². The summed E-state index contributed by atoms with van der Waals surface area (Å²) in [6, 6.07) is 67.8. The largest absolute Gasteiger partial charge is 0.545 e. The van der Waals surface area contributed by atoms with Crippen LogP contribution in [0.3, 0.4) is 0 Å². The average molecular weight is 809 g/mol. The number of para-hydroxylation sites is 3. The summed E-state index contributed by atoms with van der Waals surface area (Å²) in [7, 11) is -0.102. The van der Waals surface area contributed by atoms with E-state index in [1.54, 1.807) is 36.4 Å². The van der Waals surface area contributed by atoms with Crippen LogP contribution in [0.5, 0.6) is 40.2 Å². The third-order valence-electron chi connectivity index (χ3n) is 8.82. The van der Waals surface area contributed by atoms with Crippen molar-refractivity contribution >= 4 is 16.9 Å². The molecular weight excluding hydrogens is 765 g/mol. The lowest BCUT2D eigenvalue weighted by Crippen LogP contribution is -2.23. The van der Waals surface area contributed by atoms with Crippen molar-refractivity contribution in [3.05, 3.63) is 218 Å². The van der Waals surface area contributed by atoms with Gasteiger partial charge < -0.3 is 28.8 Å². The molecule has 8 aromatic carbocycles. The predicted octanol–water partition coefficient (Wildman–Crippen LogP) is 13.1. The Bertz CT molecular complexity index is 2520. The Kier molecular flexibility index (Phi) is 13.3. The maximum Gasteiger partial charge on any atom is 0.213 e. The van der Waals surface area contributed by atoms with Gasteiger partial charge in [-0.3, -0.25) is 0 Å². The zero-order valence-corrected chi connectivity index (χ0v) is 34.4. The van der Waals surface area contributed by atoms with Crippen LogP contribution < -0.4 is 24.1 Å². The summed E-state index contributed by atoms with van der Waals surface area (Å²) in [5.74, 6) is 1.71. The molecule has 0 aliphatic carbocycles. The molecule has 8 aromatic rings. The Morgan fingerprint density at radius 3 is 1.27 bits per heavy atom. The van der Waals surface area contributed by atoms with Crippen LogP contribution in [0, 0.1) is 0 Å². The van der Waals surface area contributed by atoms with E-state index in [9.17, 15) is 9.90 Å². The van der Waals surface area contributed by atoms with Crippen LogP contribution >= 0.6 is 0 Å². The first-order valence-corrected chi connectivity index (χ1v) is 20.7. The maximum atomic E-state index is 12.4. The minimum Gasteiger partial charge on any atom is -0.545 e. The summed E-state index contributed by atoms with van der Waals surface area (Å²) in [4.78, 5) is 16.4. The number of ether oxygens (including phenoxy) is 4. The smallest absolute Gasteiger partial charge is 0.213 e. The van der Waals surface area contributed by atoms with Gasteiger partial charge in [0.1, 0.15) is 28.6 Å². The van der Waals surface area contributed by atoms with Crippen LogP contribution in [0.1, 0.15) is 31.1 Å². The van der Waals surface area contributed by atoms with Crippen molar-refractivity contribution in [1.29, 1.82) is 0 Å². The molecule has 0 aliphatic rings. The SMILES string of the molecule is CC(C)(C)Oc1ccc([S+](c2ccccc2)c2ccccc2)cc1.O=C([O-])c1cc(Oc2ccccc2)c(Oc2ccccc2)c(Oc2ccccc2)c1-c1ccccc1. The highest BCUT2D eigenvalue weighted by Gasteiger charge is 2.29. The molecule has 0 atom stereocenters. The first-order valence-electron chi connectivity index (χ1n) is 19.5. The van der Waals surface area contributed by atoms with E-state index in [1.165, 1.54) is 20.8 Å². The van der Waals surface area contributed by atoms with Gasteiger partial charge in [-0.1, -0.05) is 121 Å². The number of carboxylic acid groups (broad SMARTS) is 1. The molecule has 298 valence electrons. The van der Waals surface area contributed by atoms with Gasteiger partial charge in [0.15, 0.2) is 26.2 Å². The fourth-order valence-corrected chi connectivity index (χ4v) is 8.37. The van der Waals surface area contributed by atoms with Crippen LogP contribution in [0.2, 0.25) is 0 Å². The van der Waals surface area contributed by atoms with Gasteiger partial charge in [-0.15, -0.1) is 0 Å². The zero-order valence-electron chi connectivity index (χ0n) is 33.6. The summed E-state index contributed by atoms with van der Waals surface area (Å²) in [6.07, 6.45) is 0. The molecule has 0 radical (unpaired) electrons. The van der Waals surface area contributed by atoms with E-state index in [4.69, 9.17) is 18.9 Å². The van der Waals surface area contributed by atoms with E-state index in [1.807, 2.05) is 84.9 Å². The molecule has 0 aromatic heterocycles. The van der Waals surface area contributed by atoms with Crippen molar-refractivity contribution in [3.8, 4) is 51.4 Å². The second kappa shape index (κ2) is 19.5. The summed E-state index contributed by atoms with van der Waals surface area (Å²) in [6.45, 7) is 6.21. The van der Waals surface area contributed by atoms with E-state index in [0.29, 0.717) is 28.4 Å². The topological polar surface area (TPSA) is 77.1 Å². The number of carbonyl (C=O) groups is 1. The van der Waals surface area contributed by atoms with E-state index >= 15 is 0 Å². The summed E-state index contributed by atoms with van der Waals surface area (Å²) >= 11 is 0. The normalized spacial score (nSPS) is 10.9. The molecule has 0 amide bonds. The minimum absolute atomic E-state index is 0.0847. The molecule has 7 heteroatoms. The van der Waals surface area contributed by atoms with Gasteiger partial charge in [0.25, 0.3) is 0 Å². The Hall–Kier alpha value is -7.22. The molecule has 0 unspecified atom stereocenters. The molecule has 6 nitrogen and oxygen atoms in total. The predicted molar refractivity (Wildman–Crippen MR) is 238 cm³/mol. The Morgan fingerprint density at radius 2 is 0.833 bits per heavy atom. The van der Waals surface area contributed by atoms with Crippen LogP contribution in [0.25, 0.3) is 11.1 Å². The van der Waals surface area contributed by atoms with Crippen molar-refractivity contribution < 1.29 is 28.8 Å². The molecule has 60 heavy (non-hydrogen) atoms. The Labute approximate surface area is 354 Å². The fourth-order valence-electron chi connectivity index (χ4n) is 6.29. The number of hydrogen-bond donors (Lipinski definition) is 0. The second-order valence-corrected chi connectivity index (χ2v) is 16.5. The van der Waals surface area contributed by atoms with Crippen molar-refractivity contribution in [1.82, 2.24) is 0 Å². The van der Waals surface area contributed by atoms with Crippen LogP contribution in [0.15, 0.2) is 227 Å². The number of benzene rings is 8. The molecule has 0 bridgehead atoms. The first-order chi connectivity index (χ1) is 29.2. The standard InChI is InChI=1S/C31H22O5.C22H23OS/c32-31(33)26-21-27(34-23-15-7-2-8-16-23)29(35-24-17-9-3-10-18-24)30(36-25-19-11-4-12-20-25)28(26)22-13-5-1-6-14-22;1-22(2,3)23-18-14-16-21(17-15-18)24(19-10-6-4-7-11-19)20-12-8-5-9-13-20/h1-21H,(H,32,33);4-17H,1-3H3/q;+1/p-1. The average Bonchev–Trinajstić information content (AvgIpc) is 3.27. The number of hydrogen-bond acceptors (Lipinski definition) is 6. The van der Waals surface area contributed by atoms with E-state index < -0.39 is 5.97 Å². The third-order valence-corrected chi connectivity index (χ3v) is 11.1. The highest BCUT2D eigenvalue weighted by Crippen LogP contribution is 2.51. The molecule has 0 spiro atoms. The third kappa shape index (κ3) is 10.8. The number of aromatic carboxylic acids is 1. The molecule has 0 aliphatic heterocycles. The fraction of sp³-hybridized carbons (Fsp3) is 0.0755. The second-order valence-electron chi connectivity index (χ2n) is 14.5. The van der Waals surface area contributed by atoms with Gasteiger partial charge >= 0.3 is 0 Å². The number of carboxylic acids is 1. The summed E-state index contributed by atoms with van der Waals surface area (Å²) < 4.78 is 24.8. The maximum absolute atomic E-state index is 12.4. The monoisotopic (exact) mass is 808 g/mol. The van der Waals surface area contributed by atoms with Gasteiger partial charge in [-0.25, -0.2) is 0 Å². The first kappa shape index (κ1) is 41.0. The number of rotatable bonds is 12. The lowest BCUT2D eigenvalue weighted by Gasteiger charge is -2.23. The Balaban J connectivity index is 0.000000197. The van der Waals surface area contributed by atoms with Crippen molar-refractivity contribution in [2.75, 3.05) is 0 Å². The summed E-state index contributed by atoms with van der Waals surface area (Å²) in [5.41, 5.74) is 0.693. The van der Waals surface area contributed by atoms with Gasteiger partial charge in [-0.05, 0) is 117 Å². The highest BCUT2D eigenvalue weighted by atomic mass is 32.2. The highest BCUT2D eigenvalue weighted by molar-refractivity contribution is 7.97. The number of carbonyl (C=O) groups excluding carboxylic acids is 1. The van der Waals surface area contributed by atoms with Crippen LogP contribution in [-0.4, -0.2) is 11.6 Å². The molecule has 0 saturated heterocycles. The lowest BCUT2D eigenvalue weighted by atomic mass is 9.97. The van der Waals surface area contributed by atoms with Gasteiger partial charge in [0.2, 0.25) is 5.75 Å². The molecule has 8 rings (SSSR count). The van der Waals surface area contributed by atoms with E-state index in [0.717, 1.165) is 5.75 Å². The molecular formula is C53H44O6S. The van der Waals surface area contributed by atoms with Crippen molar-refractivity contribution in [2.24, 2.45) is 0 Å². The zero-order chi connectivity index (χ0) is 41.7. The van der Waals surface area contributed by atoms with Gasteiger partial charge in [-0.2, -0.15) is 0 Å². The van der Waals surface area contributed by atoms with E-state index in [-0.39, 0.29) is 39.3 Å².